The number of benzene rings is 1. The third-order valence-electron chi connectivity index (χ3n) is 2.98. The predicted molar refractivity (Wildman–Crippen MR) is 85.2 cm³/mol. The fourth-order valence-electron chi connectivity index (χ4n) is 2.06. The standard InChI is InChI=1S/C16H14ClN3O/c1-2-18-14-6-3-7-15(20-14)21-13-9-8-12(17)11-5-4-10-19-16(11)13/h3-10H,2H2,1H3,(H,18,20). The molecule has 0 aliphatic heterocycles. The number of aromatic nitrogens is 2. The molecular formula is C16H14ClN3O. The van der Waals surface area contributed by atoms with Crippen LogP contribution < -0.4 is 10.1 Å². The van der Waals surface area contributed by atoms with Crippen LogP contribution in [0.3, 0.4) is 0 Å². The molecule has 0 radical (unpaired) electrons. The number of rotatable bonds is 4. The SMILES string of the molecule is CCNc1cccc(Oc2ccc(Cl)c3cccnc23)n1. The minimum atomic E-state index is 0.516. The lowest BCUT2D eigenvalue weighted by atomic mass is 10.2. The topological polar surface area (TPSA) is 47.0 Å². The number of nitrogens with one attached hydrogen (secondary N) is 1. The van der Waals surface area contributed by atoms with Crippen molar-refractivity contribution in [1.82, 2.24) is 9.97 Å². The molecule has 1 aromatic carbocycles. The smallest absolute Gasteiger partial charge is 0.221 e. The van der Waals surface area contributed by atoms with E-state index in [2.05, 4.69) is 15.3 Å². The summed E-state index contributed by atoms with van der Waals surface area (Å²) in [6.45, 7) is 2.83. The van der Waals surface area contributed by atoms with E-state index >= 15 is 0 Å². The van der Waals surface area contributed by atoms with E-state index in [0.29, 0.717) is 16.7 Å². The van der Waals surface area contributed by atoms with Gasteiger partial charge in [0.15, 0.2) is 5.75 Å². The number of pyridine rings is 2. The van der Waals surface area contributed by atoms with Crippen LogP contribution in [0.25, 0.3) is 10.9 Å². The number of nitrogens with zero attached hydrogens (tertiary/aromatic N) is 2. The van der Waals surface area contributed by atoms with Gasteiger partial charge in [-0.3, -0.25) is 4.98 Å². The number of fused-ring (bicyclic) bond motifs is 1. The molecule has 0 amide bonds. The zero-order valence-electron chi connectivity index (χ0n) is 11.5. The third kappa shape index (κ3) is 2.90. The van der Waals surface area contributed by atoms with E-state index in [1.54, 1.807) is 18.3 Å². The van der Waals surface area contributed by atoms with Crippen molar-refractivity contribution in [3.05, 3.63) is 53.7 Å². The van der Waals surface area contributed by atoms with E-state index < -0.39 is 0 Å². The van der Waals surface area contributed by atoms with Crippen LogP contribution in [0, 0.1) is 0 Å². The number of hydrogen-bond acceptors (Lipinski definition) is 4. The van der Waals surface area contributed by atoms with Crippen LogP contribution in [-0.2, 0) is 0 Å². The first-order chi connectivity index (χ1) is 10.3. The van der Waals surface area contributed by atoms with Gasteiger partial charge in [0.05, 0.1) is 5.02 Å². The van der Waals surface area contributed by atoms with Gasteiger partial charge in [0.1, 0.15) is 11.3 Å². The first-order valence-electron chi connectivity index (χ1n) is 6.70. The van der Waals surface area contributed by atoms with Gasteiger partial charge in [0, 0.05) is 24.2 Å². The first-order valence-corrected chi connectivity index (χ1v) is 7.07. The van der Waals surface area contributed by atoms with Crippen molar-refractivity contribution in [3.8, 4) is 11.6 Å². The van der Waals surface area contributed by atoms with Gasteiger partial charge in [-0.25, -0.2) is 0 Å². The molecule has 3 aromatic rings. The van der Waals surface area contributed by atoms with Crippen molar-refractivity contribution >= 4 is 28.3 Å². The molecule has 4 nitrogen and oxygen atoms in total. The molecule has 0 saturated carbocycles. The zero-order valence-corrected chi connectivity index (χ0v) is 12.3. The van der Waals surface area contributed by atoms with Crippen LogP contribution in [0.5, 0.6) is 11.6 Å². The Labute approximate surface area is 127 Å². The maximum absolute atomic E-state index is 6.18. The normalized spacial score (nSPS) is 10.6. The Balaban J connectivity index is 1.98. The molecule has 0 aliphatic rings. The number of halogens is 1. The van der Waals surface area contributed by atoms with Crippen molar-refractivity contribution < 1.29 is 4.74 Å². The number of hydrogen-bond donors (Lipinski definition) is 1. The lowest BCUT2D eigenvalue weighted by Gasteiger charge is -2.09. The molecule has 21 heavy (non-hydrogen) atoms. The molecule has 0 atom stereocenters. The molecule has 2 heterocycles. The van der Waals surface area contributed by atoms with Crippen LogP contribution in [-0.4, -0.2) is 16.5 Å². The summed E-state index contributed by atoms with van der Waals surface area (Å²) in [6, 6.07) is 13.0. The summed E-state index contributed by atoms with van der Waals surface area (Å²) in [6.07, 6.45) is 1.72. The molecule has 3 rings (SSSR count). The van der Waals surface area contributed by atoms with Gasteiger partial charge >= 0.3 is 0 Å². The summed E-state index contributed by atoms with van der Waals surface area (Å²) in [5.41, 5.74) is 0.723. The molecule has 0 fully saturated rings. The zero-order chi connectivity index (χ0) is 14.7. The van der Waals surface area contributed by atoms with Gasteiger partial charge in [-0.2, -0.15) is 4.98 Å². The van der Waals surface area contributed by atoms with Crippen LogP contribution >= 0.6 is 11.6 Å². The number of ether oxygens (including phenoxy) is 1. The summed E-state index contributed by atoms with van der Waals surface area (Å²) in [4.78, 5) is 8.74. The van der Waals surface area contributed by atoms with E-state index in [0.717, 1.165) is 23.3 Å². The highest BCUT2D eigenvalue weighted by atomic mass is 35.5. The van der Waals surface area contributed by atoms with Crippen molar-refractivity contribution in [3.63, 3.8) is 0 Å². The molecule has 1 N–H and O–H groups in total. The van der Waals surface area contributed by atoms with Gasteiger partial charge in [-0.05, 0) is 37.3 Å². The maximum Gasteiger partial charge on any atom is 0.221 e. The quantitative estimate of drug-likeness (QED) is 0.770. The van der Waals surface area contributed by atoms with Crippen LogP contribution in [0.1, 0.15) is 6.92 Å². The van der Waals surface area contributed by atoms with Crippen molar-refractivity contribution in [2.75, 3.05) is 11.9 Å². The van der Waals surface area contributed by atoms with Crippen molar-refractivity contribution in [2.45, 2.75) is 6.92 Å². The molecule has 106 valence electrons. The highest BCUT2D eigenvalue weighted by Crippen LogP contribution is 2.32. The molecular weight excluding hydrogens is 286 g/mol. The Morgan fingerprint density at radius 1 is 1.14 bits per heavy atom. The molecule has 5 heteroatoms. The van der Waals surface area contributed by atoms with Gasteiger partial charge < -0.3 is 10.1 Å². The van der Waals surface area contributed by atoms with Gasteiger partial charge in [-0.1, -0.05) is 17.7 Å². The molecule has 0 bridgehead atoms. The lowest BCUT2D eigenvalue weighted by Crippen LogP contribution is -1.99. The largest absolute Gasteiger partial charge is 0.437 e. The molecule has 0 aliphatic carbocycles. The van der Waals surface area contributed by atoms with E-state index in [1.165, 1.54) is 0 Å². The second-order valence-corrected chi connectivity index (χ2v) is 4.85. The second-order valence-electron chi connectivity index (χ2n) is 4.44. The Kier molecular flexibility index (Phi) is 3.88. The maximum atomic E-state index is 6.18. The molecule has 2 aromatic heterocycles. The summed E-state index contributed by atoms with van der Waals surface area (Å²) in [7, 11) is 0. The van der Waals surface area contributed by atoms with Gasteiger partial charge in [0.25, 0.3) is 0 Å². The minimum Gasteiger partial charge on any atom is -0.437 e. The summed E-state index contributed by atoms with van der Waals surface area (Å²) in [5, 5.41) is 4.67. The predicted octanol–water partition coefficient (Wildman–Crippen LogP) is 4.51. The fourth-order valence-corrected chi connectivity index (χ4v) is 2.27. The Bertz CT molecular complexity index is 776. The van der Waals surface area contributed by atoms with Gasteiger partial charge in [0.2, 0.25) is 5.88 Å². The average Bonchev–Trinajstić information content (AvgIpc) is 2.51. The molecule has 0 unspecified atom stereocenters. The number of anilines is 1. The summed E-state index contributed by atoms with van der Waals surface area (Å²) < 4.78 is 5.86. The summed E-state index contributed by atoms with van der Waals surface area (Å²) in [5.74, 6) is 1.93. The van der Waals surface area contributed by atoms with Crippen LogP contribution in [0.4, 0.5) is 5.82 Å². The highest BCUT2D eigenvalue weighted by Gasteiger charge is 2.08. The Hall–Kier alpha value is -2.33. The second kappa shape index (κ2) is 5.97. The van der Waals surface area contributed by atoms with E-state index in [1.807, 2.05) is 37.3 Å². The molecule has 0 saturated heterocycles. The Morgan fingerprint density at radius 2 is 2.05 bits per heavy atom. The minimum absolute atomic E-state index is 0.516. The molecule has 0 spiro atoms. The van der Waals surface area contributed by atoms with Crippen molar-refractivity contribution in [1.29, 1.82) is 0 Å². The first kappa shape index (κ1) is 13.6. The summed E-state index contributed by atoms with van der Waals surface area (Å²) >= 11 is 6.18. The van der Waals surface area contributed by atoms with Crippen LogP contribution in [0.2, 0.25) is 5.02 Å². The van der Waals surface area contributed by atoms with Crippen molar-refractivity contribution in [2.24, 2.45) is 0 Å². The monoisotopic (exact) mass is 299 g/mol. The fraction of sp³-hybridized carbons (Fsp3) is 0.125. The van der Waals surface area contributed by atoms with Crippen LogP contribution in [0.15, 0.2) is 48.7 Å². The van der Waals surface area contributed by atoms with E-state index in [-0.39, 0.29) is 0 Å². The van der Waals surface area contributed by atoms with E-state index in [4.69, 9.17) is 16.3 Å². The Morgan fingerprint density at radius 3 is 2.90 bits per heavy atom. The highest BCUT2D eigenvalue weighted by molar-refractivity contribution is 6.35. The van der Waals surface area contributed by atoms with E-state index in [9.17, 15) is 0 Å². The third-order valence-corrected chi connectivity index (χ3v) is 3.30. The average molecular weight is 300 g/mol. The van der Waals surface area contributed by atoms with Gasteiger partial charge in [-0.15, -0.1) is 0 Å². The lowest BCUT2D eigenvalue weighted by molar-refractivity contribution is 0.468.